The van der Waals surface area contributed by atoms with Gasteiger partial charge in [-0.1, -0.05) is 224 Å². The first-order valence-electron chi connectivity index (χ1n) is 34.9. The fraction of sp³-hybridized carbons (Fsp3) is 0.521. The minimum atomic E-state index is -0.312. The van der Waals surface area contributed by atoms with Crippen molar-refractivity contribution >= 4 is 46.6 Å². The lowest BCUT2D eigenvalue weighted by atomic mass is 9.83. The summed E-state index contributed by atoms with van der Waals surface area (Å²) >= 11 is 0. The van der Waals surface area contributed by atoms with Crippen molar-refractivity contribution in [1.82, 2.24) is 16.0 Å². The summed E-state index contributed by atoms with van der Waals surface area (Å²) in [5.74, 6) is 6.02. The van der Waals surface area contributed by atoms with Gasteiger partial charge < -0.3 is 58.6 Å². The zero-order valence-electron chi connectivity index (χ0n) is 62.3. The zero-order chi connectivity index (χ0) is 78.8. The standard InChI is InChI=1S/C18H30O5.C13H21NO2.C12H16N2O2.C12H20O2.C10H18O4.C10H6.C9H12O2.12CH4/c1-3-17(19)9-5-7-11-21-13-15-23-16-14-22-12-8-6-10-18(20)4-2;1-3-12(15)10-8-6-5-7-9-11-14-13(16)4-2;1-5-11(15)13-8-9(3)7-10(4)14-12(16)6-2;1-3-13-9-11-5-7-12(8-6-11)10-14-4-2;1-3-11-5-7-13-9-10-14-8-6-12-4-2;1-3-9-6-5-7-10(4-2)8-9;1-3-8(10)6-5-7-9(11)4-2;;;;;;;;;;;;/h3-4H,1-2,5-16H2;3-4H,1-2,5-11H2,(H,14,16);5-6H,1-4,7-8H2,(H,13,15)(H,14,16);3-4,11-12H,1-2,5-10H2;3-4H,1-2,5-10H2;1-2,5-8H;3-4H,1-2,5-7H2;12*1H4. The molecule has 1 aliphatic rings. The number of terminal acetylenes is 2. The molecule has 0 saturated heterocycles. The molecule has 0 radical (unpaired) electrons. The highest BCUT2D eigenvalue weighted by Crippen LogP contribution is 2.29. The van der Waals surface area contributed by atoms with Gasteiger partial charge in [0.15, 0.2) is 28.9 Å². The second-order valence-corrected chi connectivity index (χ2v) is 22.2. The third kappa shape index (κ3) is 118. The maximum absolute atomic E-state index is 11.0. The summed E-state index contributed by atoms with van der Waals surface area (Å²) in [5.41, 5.74) is 2.92. The summed E-state index contributed by atoms with van der Waals surface area (Å²) < 4.78 is 46.7. The molecule has 1 saturated carbocycles. The highest BCUT2D eigenvalue weighted by atomic mass is 16.6. The van der Waals surface area contributed by atoms with Crippen LogP contribution >= 0.6 is 0 Å². The van der Waals surface area contributed by atoms with Crippen LogP contribution in [0.4, 0.5) is 0 Å². The zero-order valence-corrected chi connectivity index (χ0v) is 62.3. The number of unbranched alkanes of at least 4 members (excludes halogenated alkanes) is 6. The number of hydrogen-bond acceptors (Lipinski definition) is 17. The second-order valence-electron chi connectivity index (χ2n) is 22.2. The minimum Gasteiger partial charge on any atom is -0.502 e. The van der Waals surface area contributed by atoms with Gasteiger partial charge in [-0.3, -0.25) is 38.4 Å². The lowest BCUT2D eigenvalue weighted by Crippen LogP contribution is -2.25. The summed E-state index contributed by atoms with van der Waals surface area (Å²) in [6.07, 6.45) is 43.5. The Morgan fingerprint density at radius 2 is 0.655 bits per heavy atom. The molecule has 0 aromatic heterocycles. The molecule has 2 rings (SSSR count). The maximum Gasteiger partial charge on any atom is 0.247 e. The first-order chi connectivity index (χ1) is 50.2. The van der Waals surface area contributed by atoms with Crippen molar-refractivity contribution in [3.05, 3.63) is 212 Å². The molecule has 0 heterocycles. The number of nitrogens with one attached hydrogen (secondary N) is 3. The van der Waals surface area contributed by atoms with Gasteiger partial charge in [-0.25, -0.2) is 0 Å². The Morgan fingerprint density at radius 3 is 0.974 bits per heavy atom. The van der Waals surface area contributed by atoms with Gasteiger partial charge in [0, 0.05) is 81.7 Å². The number of carbonyl (C=O) groups excluding carboxylic acids is 8. The van der Waals surface area contributed by atoms with Gasteiger partial charge in [0.2, 0.25) is 17.7 Å². The number of allylic oxidation sites excluding steroid dienone is 6. The molecule has 20 nitrogen and oxygen atoms in total. The SMILES string of the molecule is C.C.C.C.C.C.C.C.C.C.C.C.C#Cc1cccc(C#C)c1.C=CC(=O)CCCC(=O)C=C.C=CC(=O)CCCCCCCNC(=O)C=C.C=CC(=O)CCCCOCCOCCOCCCCC(=O)C=C.C=CC(=O)NCC(=C)CC(=C)NC(=O)C=C.C=COCC1CCC(COC=C)CC1.C=COCCOCCOCCOC=C. The number of ketones is 5. The monoisotopic (exact) mass is 1640 g/mol. The van der Waals surface area contributed by atoms with E-state index in [4.69, 9.17) is 55.5 Å². The highest BCUT2D eigenvalue weighted by Gasteiger charge is 2.21. The molecular formula is C96H171N3O17. The summed E-state index contributed by atoms with van der Waals surface area (Å²) in [6, 6.07) is 7.35. The topological polar surface area (TPSA) is 256 Å². The number of amides is 3. The smallest absolute Gasteiger partial charge is 0.247 e. The van der Waals surface area contributed by atoms with Crippen molar-refractivity contribution in [3.8, 4) is 24.7 Å². The lowest BCUT2D eigenvalue weighted by Gasteiger charge is -2.27. The third-order valence-electron chi connectivity index (χ3n) is 13.7. The van der Waals surface area contributed by atoms with Crippen molar-refractivity contribution in [2.45, 2.75) is 218 Å². The quantitative estimate of drug-likeness (QED) is 0.0180. The number of ether oxygens (including phenoxy) is 9. The van der Waals surface area contributed by atoms with Crippen LogP contribution in [0.25, 0.3) is 0 Å². The fourth-order valence-corrected chi connectivity index (χ4v) is 8.03. The molecule has 1 fully saturated rings. The van der Waals surface area contributed by atoms with E-state index in [-0.39, 0.29) is 136 Å². The minimum absolute atomic E-state index is 0. The van der Waals surface area contributed by atoms with Crippen molar-refractivity contribution in [2.24, 2.45) is 11.8 Å². The predicted molar refractivity (Wildman–Crippen MR) is 500 cm³/mol. The van der Waals surface area contributed by atoms with E-state index in [2.05, 4.69) is 120 Å². The van der Waals surface area contributed by atoms with E-state index in [1.165, 1.54) is 93.3 Å². The van der Waals surface area contributed by atoms with E-state index in [0.717, 1.165) is 93.8 Å². The Hall–Kier alpha value is -9.54. The third-order valence-corrected chi connectivity index (χ3v) is 13.7. The van der Waals surface area contributed by atoms with Crippen molar-refractivity contribution in [2.75, 3.05) is 106 Å². The van der Waals surface area contributed by atoms with E-state index < -0.39 is 0 Å². The van der Waals surface area contributed by atoms with Crippen LogP contribution in [0, 0.1) is 36.5 Å². The molecule has 3 amide bonds. The first kappa shape index (κ1) is 148. The van der Waals surface area contributed by atoms with Crippen LogP contribution in [0.1, 0.15) is 229 Å². The van der Waals surface area contributed by atoms with Crippen LogP contribution in [0.2, 0.25) is 0 Å². The highest BCUT2D eigenvalue weighted by molar-refractivity contribution is 5.92. The molecule has 1 aliphatic carbocycles. The molecule has 116 heavy (non-hydrogen) atoms. The van der Waals surface area contributed by atoms with Crippen LogP contribution < -0.4 is 16.0 Å². The first-order valence-corrected chi connectivity index (χ1v) is 34.9. The predicted octanol–water partition coefficient (Wildman–Crippen LogP) is 21.7. The van der Waals surface area contributed by atoms with Gasteiger partial charge in [-0.05, 0) is 149 Å². The summed E-state index contributed by atoms with van der Waals surface area (Å²) in [6.45, 7) is 57.8. The Morgan fingerprint density at radius 1 is 0.362 bits per heavy atom. The number of hydrogen-bond donors (Lipinski definition) is 3. The Balaban J connectivity index is -0.0000000654. The van der Waals surface area contributed by atoms with E-state index >= 15 is 0 Å². The van der Waals surface area contributed by atoms with Gasteiger partial charge >= 0.3 is 0 Å². The average molecular weight is 1640 g/mol. The second kappa shape index (κ2) is 119. The fourth-order valence-electron chi connectivity index (χ4n) is 8.03. The Labute approximate surface area is 712 Å². The Kier molecular flexibility index (Phi) is 151. The summed E-state index contributed by atoms with van der Waals surface area (Å²) in [4.78, 5) is 86.6. The van der Waals surface area contributed by atoms with E-state index in [1.54, 1.807) is 6.07 Å². The van der Waals surface area contributed by atoms with E-state index in [1.807, 2.05) is 18.2 Å². The molecule has 3 N–H and O–H groups in total. The van der Waals surface area contributed by atoms with Crippen LogP contribution in [-0.2, 0) is 81.0 Å². The van der Waals surface area contributed by atoms with Gasteiger partial charge in [0.1, 0.15) is 13.2 Å². The molecule has 20 heteroatoms. The van der Waals surface area contributed by atoms with Crippen molar-refractivity contribution in [3.63, 3.8) is 0 Å². The molecule has 0 unspecified atom stereocenters. The number of rotatable bonds is 58. The van der Waals surface area contributed by atoms with Crippen LogP contribution in [0.5, 0.6) is 0 Å². The summed E-state index contributed by atoms with van der Waals surface area (Å²) in [7, 11) is 0. The molecule has 0 spiro atoms. The molecule has 1 aromatic rings. The van der Waals surface area contributed by atoms with E-state index in [9.17, 15) is 38.4 Å². The molecule has 1 aromatic carbocycles. The number of carbonyl (C=O) groups is 8. The van der Waals surface area contributed by atoms with Crippen molar-refractivity contribution in [1.29, 1.82) is 0 Å². The van der Waals surface area contributed by atoms with Gasteiger partial charge in [0.05, 0.1) is 91.1 Å². The maximum atomic E-state index is 11.0. The molecule has 0 atom stereocenters. The van der Waals surface area contributed by atoms with E-state index in [0.29, 0.717) is 155 Å². The average Bonchev–Trinajstić information content (AvgIpc) is 0.923. The molecular weight excluding hydrogens is 1470 g/mol. The Bertz CT molecular complexity index is 2600. The van der Waals surface area contributed by atoms with Crippen LogP contribution in [0.15, 0.2) is 201 Å². The largest absolute Gasteiger partial charge is 0.502 e. The normalized spacial score (nSPS) is 10.4. The summed E-state index contributed by atoms with van der Waals surface area (Å²) in [5, 5.41) is 7.82. The van der Waals surface area contributed by atoms with Crippen LogP contribution in [-0.4, -0.2) is 152 Å². The van der Waals surface area contributed by atoms with Crippen LogP contribution in [0.3, 0.4) is 0 Å². The lowest BCUT2D eigenvalue weighted by molar-refractivity contribution is -0.117. The molecule has 0 bridgehead atoms. The van der Waals surface area contributed by atoms with Gasteiger partial charge in [0.25, 0.3) is 0 Å². The van der Waals surface area contributed by atoms with Gasteiger partial charge in [-0.15, -0.1) is 12.8 Å². The van der Waals surface area contributed by atoms with Crippen molar-refractivity contribution < 1.29 is 81.0 Å². The number of benzene rings is 1. The molecule has 0 aliphatic heterocycles. The van der Waals surface area contributed by atoms with Gasteiger partial charge in [-0.2, -0.15) is 0 Å². The molecule has 672 valence electrons.